The van der Waals surface area contributed by atoms with Crippen molar-refractivity contribution in [3.63, 3.8) is 0 Å². The van der Waals surface area contributed by atoms with Crippen molar-refractivity contribution in [2.75, 3.05) is 42.9 Å². The van der Waals surface area contributed by atoms with Gasteiger partial charge in [0.25, 0.3) is 5.91 Å². The normalized spacial score (nSPS) is 10.7. The average molecular weight is 437 g/mol. The van der Waals surface area contributed by atoms with E-state index in [-0.39, 0.29) is 17.2 Å². The van der Waals surface area contributed by atoms with Crippen LogP contribution in [0.4, 0.5) is 17.1 Å². The molecule has 0 fully saturated rings. The Kier molecular flexibility index (Phi) is 7.11. The lowest BCUT2D eigenvalue weighted by Gasteiger charge is -2.16. The van der Waals surface area contributed by atoms with Gasteiger partial charge < -0.3 is 24.8 Å². The molecule has 2 rings (SSSR count). The quantitative estimate of drug-likeness (QED) is 0.577. The molecule has 0 saturated heterocycles. The summed E-state index contributed by atoms with van der Waals surface area (Å²) in [6, 6.07) is 7.28. The highest BCUT2D eigenvalue weighted by atomic mass is 32.2. The number of hydrogen-bond acceptors (Lipinski definition) is 7. The van der Waals surface area contributed by atoms with E-state index in [0.717, 1.165) is 6.26 Å². The molecule has 3 N–H and O–H groups in total. The molecule has 0 spiro atoms. The third kappa shape index (κ3) is 5.77. The summed E-state index contributed by atoms with van der Waals surface area (Å²) in [6.07, 6.45) is 0.968. The second kappa shape index (κ2) is 9.35. The molecule has 0 atom stereocenters. The van der Waals surface area contributed by atoms with Gasteiger partial charge in [-0.15, -0.1) is 0 Å². The van der Waals surface area contributed by atoms with Crippen molar-refractivity contribution in [3.05, 3.63) is 35.9 Å². The number of amides is 2. The summed E-state index contributed by atoms with van der Waals surface area (Å²) in [5, 5.41) is 5.22. The van der Waals surface area contributed by atoms with Crippen LogP contribution in [-0.2, 0) is 14.8 Å². The number of hydrogen-bond donors (Lipinski definition) is 3. The van der Waals surface area contributed by atoms with Crippen LogP contribution >= 0.6 is 0 Å². The number of rotatable bonds is 8. The standard InChI is InChI=1S/C19H23N3O7S/c1-11(23)20-12-6-7-15(22-30(5,25)26)14(8-12)19(24)21-13-9-16(27-2)18(29-4)17(10-13)28-3/h6-10,22H,1-5H3,(H,20,23)(H,21,24). The smallest absolute Gasteiger partial charge is 0.257 e. The zero-order valence-electron chi connectivity index (χ0n) is 17.2. The lowest BCUT2D eigenvalue weighted by Crippen LogP contribution is -2.18. The largest absolute Gasteiger partial charge is 0.493 e. The lowest BCUT2D eigenvalue weighted by molar-refractivity contribution is -0.114. The molecule has 162 valence electrons. The molecule has 2 aromatic carbocycles. The molecule has 0 heterocycles. The van der Waals surface area contributed by atoms with E-state index in [1.54, 1.807) is 0 Å². The summed E-state index contributed by atoms with van der Waals surface area (Å²) in [5.41, 5.74) is 0.707. The van der Waals surface area contributed by atoms with Crippen LogP contribution in [0.2, 0.25) is 0 Å². The van der Waals surface area contributed by atoms with Gasteiger partial charge in [-0.05, 0) is 18.2 Å². The highest BCUT2D eigenvalue weighted by Gasteiger charge is 2.19. The summed E-state index contributed by atoms with van der Waals surface area (Å²) in [6.45, 7) is 1.32. The molecule has 0 aliphatic carbocycles. The van der Waals surface area contributed by atoms with E-state index >= 15 is 0 Å². The van der Waals surface area contributed by atoms with Gasteiger partial charge in [-0.3, -0.25) is 14.3 Å². The van der Waals surface area contributed by atoms with Crippen LogP contribution in [0.15, 0.2) is 30.3 Å². The second-order valence-electron chi connectivity index (χ2n) is 6.18. The number of carbonyl (C=O) groups is 2. The van der Waals surface area contributed by atoms with Crippen molar-refractivity contribution in [2.24, 2.45) is 0 Å². The Balaban J connectivity index is 2.47. The number of sulfonamides is 1. The van der Waals surface area contributed by atoms with E-state index in [9.17, 15) is 18.0 Å². The van der Waals surface area contributed by atoms with Gasteiger partial charge in [0.15, 0.2) is 11.5 Å². The molecule has 2 amide bonds. The van der Waals surface area contributed by atoms with Gasteiger partial charge in [0.2, 0.25) is 21.7 Å². The molecular formula is C19H23N3O7S. The Morgan fingerprint density at radius 1 is 0.867 bits per heavy atom. The third-order valence-corrected chi connectivity index (χ3v) is 4.39. The second-order valence-corrected chi connectivity index (χ2v) is 7.93. The highest BCUT2D eigenvalue weighted by Crippen LogP contribution is 2.40. The van der Waals surface area contributed by atoms with Gasteiger partial charge in [-0.25, -0.2) is 8.42 Å². The van der Waals surface area contributed by atoms with Crippen LogP contribution in [0.5, 0.6) is 17.2 Å². The highest BCUT2D eigenvalue weighted by molar-refractivity contribution is 7.92. The molecule has 2 aromatic rings. The molecular weight excluding hydrogens is 414 g/mol. The van der Waals surface area contributed by atoms with E-state index in [4.69, 9.17) is 14.2 Å². The number of ether oxygens (including phenoxy) is 3. The summed E-state index contributed by atoms with van der Waals surface area (Å²) in [5.74, 6) is 0.0461. The summed E-state index contributed by atoms with van der Waals surface area (Å²) in [7, 11) is 0.684. The van der Waals surface area contributed by atoms with Crippen molar-refractivity contribution >= 4 is 38.9 Å². The van der Waals surface area contributed by atoms with Crippen molar-refractivity contribution < 1.29 is 32.2 Å². The SMILES string of the molecule is COc1cc(NC(=O)c2cc(NC(C)=O)ccc2NS(C)(=O)=O)cc(OC)c1OC. The Morgan fingerprint density at radius 3 is 1.93 bits per heavy atom. The third-order valence-electron chi connectivity index (χ3n) is 3.80. The van der Waals surface area contributed by atoms with E-state index < -0.39 is 15.9 Å². The number of methoxy groups -OCH3 is 3. The summed E-state index contributed by atoms with van der Waals surface area (Å²) in [4.78, 5) is 24.3. The fourth-order valence-electron chi connectivity index (χ4n) is 2.65. The minimum Gasteiger partial charge on any atom is -0.493 e. The maximum atomic E-state index is 12.9. The number of anilines is 3. The predicted octanol–water partition coefficient (Wildman–Crippen LogP) is 2.29. The zero-order chi connectivity index (χ0) is 22.5. The molecule has 0 aliphatic rings. The lowest BCUT2D eigenvalue weighted by atomic mass is 10.1. The molecule has 11 heteroatoms. The first-order valence-electron chi connectivity index (χ1n) is 8.58. The Labute approximate surface area is 174 Å². The number of carbonyl (C=O) groups excluding carboxylic acids is 2. The van der Waals surface area contributed by atoms with Gasteiger partial charge in [0.05, 0.1) is 38.8 Å². The van der Waals surface area contributed by atoms with Crippen LogP contribution < -0.4 is 29.6 Å². The Morgan fingerprint density at radius 2 is 1.47 bits per heavy atom. The minimum atomic E-state index is -3.65. The van der Waals surface area contributed by atoms with Gasteiger partial charge in [0, 0.05) is 30.4 Å². The van der Waals surface area contributed by atoms with E-state index in [2.05, 4.69) is 15.4 Å². The first-order valence-corrected chi connectivity index (χ1v) is 10.5. The average Bonchev–Trinajstić information content (AvgIpc) is 2.66. The molecule has 0 aliphatic heterocycles. The maximum Gasteiger partial charge on any atom is 0.257 e. The van der Waals surface area contributed by atoms with Crippen molar-refractivity contribution in [3.8, 4) is 17.2 Å². The van der Waals surface area contributed by atoms with Gasteiger partial charge >= 0.3 is 0 Å². The first kappa shape index (κ1) is 22.8. The molecule has 0 unspecified atom stereocenters. The van der Waals surface area contributed by atoms with Crippen LogP contribution in [0.25, 0.3) is 0 Å². The van der Waals surface area contributed by atoms with Gasteiger partial charge in [-0.2, -0.15) is 0 Å². The number of benzene rings is 2. The molecule has 0 saturated carbocycles. The van der Waals surface area contributed by atoms with E-state index in [1.807, 2.05) is 0 Å². The summed E-state index contributed by atoms with van der Waals surface area (Å²) < 4.78 is 41.4. The molecule has 30 heavy (non-hydrogen) atoms. The monoisotopic (exact) mass is 437 g/mol. The molecule has 0 bridgehead atoms. The molecule has 0 radical (unpaired) electrons. The topological polar surface area (TPSA) is 132 Å². The minimum absolute atomic E-state index is 0.000395. The fourth-order valence-corrected chi connectivity index (χ4v) is 3.23. The van der Waals surface area contributed by atoms with Crippen molar-refractivity contribution in [2.45, 2.75) is 6.92 Å². The summed E-state index contributed by atoms with van der Waals surface area (Å²) >= 11 is 0. The van der Waals surface area contributed by atoms with Gasteiger partial charge in [0.1, 0.15) is 0 Å². The van der Waals surface area contributed by atoms with Crippen molar-refractivity contribution in [1.82, 2.24) is 0 Å². The Bertz CT molecular complexity index is 1040. The molecule has 10 nitrogen and oxygen atoms in total. The number of nitrogens with one attached hydrogen (secondary N) is 3. The van der Waals surface area contributed by atoms with Gasteiger partial charge in [-0.1, -0.05) is 0 Å². The fraction of sp³-hybridized carbons (Fsp3) is 0.263. The van der Waals surface area contributed by atoms with Crippen molar-refractivity contribution in [1.29, 1.82) is 0 Å². The van der Waals surface area contributed by atoms with Crippen LogP contribution in [0.3, 0.4) is 0 Å². The molecule has 0 aromatic heterocycles. The van der Waals surface area contributed by atoms with E-state index in [0.29, 0.717) is 28.6 Å². The van der Waals surface area contributed by atoms with Crippen LogP contribution in [-0.4, -0.2) is 47.8 Å². The first-order chi connectivity index (χ1) is 14.1. The zero-order valence-corrected chi connectivity index (χ0v) is 18.0. The predicted molar refractivity (Wildman–Crippen MR) is 113 cm³/mol. The van der Waals surface area contributed by atoms with E-state index in [1.165, 1.54) is 58.6 Å². The van der Waals surface area contributed by atoms with Crippen LogP contribution in [0, 0.1) is 0 Å². The maximum absolute atomic E-state index is 12.9. The van der Waals surface area contributed by atoms with Crippen LogP contribution in [0.1, 0.15) is 17.3 Å². The Hall–Kier alpha value is -3.47.